The van der Waals surface area contributed by atoms with Crippen molar-refractivity contribution in [1.29, 1.82) is 0 Å². The van der Waals surface area contributed by atoms with Crippen LogP contribution in [0.3, 0.4) is 0 Å². The van der Waals surface area contributed by atoms with E-state index in [-0.39, 0.29) is 13.1 Å². The summed E-state index contributed by atoms with van der Waals surface area (Å²) in [6.07, 6.45) is 0. The van der Waals surface area contributed by atoms with Gasteiger partial charge in [0.05, 0.1) is 13.1 Å². The zero-order chi connectivity index (χ0) is 7.28. The lowest BCUT2D eigenvalue weighted by molar-refractivity contribution is -0.118. The Morgan fingerprint density at radius 3 is 1.67 bits per heavy atom. The highest BCUT2D eigenvalue weighted by Crippen LogP contribution is 1.56. The minimum atomic E-state index is -0.503. The molecule has 0 fully saturated rings. The molecule has 0 saturated heterocycles. The second-order valence-corrected chi connectivity index (χ2v) is 1.54. The number of primary amides is 2. The van der Waals surface area contributed by atoms with Gasteiger partial charge in [0.25, 0.3) is 0 Å². The minimum Gasteiger partial charge on any atom is -0.369 e. The molecule has 5 heteroatoms. The lowest BCUT2D eigenvalue weighted by atomic mass is 10.5. The Morgan fingerprint density at radius 2 is 1.44 bits per heavy atom. The SMILES string of the molecule is NC(=O)CNCC(N)=O. The maximum atomic E-state index is 9.99. The number of hydrogen-bond acceptors (Lipinski definition) is 3. The molecule has 2 amide bonds. The summed E-state index contributed by atoms with van der Waals surface area (Å²) < 4.78 is 0. The number of carbonyl (C=O) groups is 2. The standard InChI is InChI=1S/C4H9N3O2/c5-3(8)1-7-2-4(6)9/h7H,1-2H2,(H2,5,8)(H2,6,9). The largest absolute Gasteiger partial charge is 0.369 e. The third-order valence-corrected chi connectivity index (χ3v) is 0.598. The van der Waals surface area contributed by atoms with Gasteiger partial charge >= 0.3 is 0 Å². The van der Waals surface area contributed by atoms with Crippen molar-refractivity contribution < 1.29 is 9.59 Å². The van der Waals surface area contributed by atoms with Crippen molar-refractivity contribution in [1.82, 2.24) is 5.32 Å². The molecular weight excluding hydrogens is 122 g/mol. The molecule has 0 bridgehead atoms. The summed E-state index contributed by atoms with van der Waals surface area (Å²) in [4.78, 5) is 20.0. The van der Waals surface area contributed by atoms with E-state index in [4.69, 9.17) is 11.5 Å². The second kappa shape index (κ2) is 3.85. The van der Waals surface area contributed by atoms with E-state index in [0.717, 1.165) is 0 Å². The Hall–Kier alpha value is -1.10. The highest BCUT2D eigenvalue weighted by atomic mass is 16.2. The van der Waals surface area contributed by atoms with Crippen molar-refractivity contribution in [3.8, 4) is 0 Å². The first-order valence-electron chi connectivity index (χ1n) is 2.40. The fourth-order valence-electron chi connectivity index (χ4n) is 0.309. The molecule has 9 heavy (non-hydrogen) atoms. The Labute approximate surface area is 52.4 Å². The van der Waals surface area contributed by atoms with Gasteiger partial charge in [0.15, 0.2) is 0 Å². The van der Waals surface area contributed by atoms with Crippen molar-refractivity contribution in [2.75, 3.05) is 13.1 Å². The molecule has 0 aromatic heterocycles. The van der Waals surface area contributed by atoms with Crippen molar-refractivity contribution >= 4 is 11.8 Å². The molecular formula is C4H9N3O2. The van der Waals surface area contributed by atoms with Crippen LogP contribution in [0.25, 0.3) is 0 Å². The zero-order valence-corrected chi connectivity index (χ0v) is 4.89. The van der Waals surface area contributed by atoms with Gasteiger partial charge in [0.2, 0.25) is 11.8 Å². The highest BCUT2D eigenvalue weighted by Gasteiger charge is 1.94. The van der Waals surface area contributed by atoms with Crippen LogP contribution < -0.4 is 16.8 Å². The lowest BCUT2D eigenvalue weighted by Crippen LogP contribution is -2.35. The summed E-state index contributed by atoms with van der Waals surface area (Å²) in [5.41, 5.74) is 9.45. The number of carbonyl (C=O) groups excluding carboxylic acids is 2. The number of hydrogen-bond donors (Lipinski definition) is 3. The number of nitrogens with two attached hydrogens (primary N) is 2. The van der Waals surface area contributed by atoms with Gasteiger partial charge in [-0.05, 0) is 0 Å². The maximum absolute atomic E-state index is 9.99. The van der Waals surface area contributed by atoms with E-state index in [1.807, 2.05) is 0 Å². The lowest BCUT2D eigenvalue weighted by Gasteiger charge is -1.94. The molecule has 0 unspecified atom stereocenters. The Bertz CT molecular complexity index is 109. The normalized spacial score (nSPS) is 8.89. The van der Waals surface area contributed by atoms with E-state index in [1.54, 1.807) is 0 Å². The zero-order valence-electron chi connectivity index (χ0n) is 4.89. The summed E-state index contributed by atoms with van der Waals surface area (Å²) in [6, 6.07) is 0. The first-order valence-corrected chi connectivity index (χ1v) is 2.40. The van der Waals surface area contributed by atoms with E-state index in [9.17, 15) is 9.59 Å². The molecule has 5 nitrogen and oxygen atoms in total. The van der Waals surface area contributed by atoms with E-state index in [1.165, 1.54) is 0 Å². The molecule has 0 heterocycles. The van der Waals surface area contributed by atoms with Crippen molar-refractivity contribution in [3.05, 3.63) is 0 Å². The van der Waals surface area contributed by atoms with Crippen LogP contribution in [0.4, 0.5) is 0 Å². The average Bonchev–Trinajstić information content (AvgIpc) is 1.63. The van der Waals surface area contributed by atoms with Gasteiger partial charge in [0.1, 0.15) is 0 Å². The fourth-order valence-corrected chi connectivity index (χ4v) is 0.309. The van der Waals surface area contributed by atoms with Gasteiger partial charge in [-0.1, -0.05) is 0 Å². The van der Waals surface area contributed by atoms with Crippen LogP contribution >= 0.6 is 0 Å². The quantitative estimate of drug-likeness (QED) is 0.395. The van der Waals surface area contributed by atoms with E-state index >= 15 is 0 Å². The highest BCUT2D eigenvalue weighted by molar-refractivity contribution is 5.79. The summed E-state index contributed by atoms with van der Waals surface area (Å²) in [5, 5.41) is 2.44. The minimum absolute atomic E-state index is 0.0110. The predicted octanol–water partition coefficient (Wildman–Crippen LogP) is -2.45. The van der Waals surface area contributed by atoms with Crippen LogP contribution in [0.1, 0.15) is 0 Å². The number of amides is 2. The molecule has 0 aliphatic heterocycles. The van der Waals surface area contributed by atoms with E-state index in [0.29, 0.717) is 0 Å². The van der Waals surface area contributed by atoms with Crippen molar-refractivity contribution in [3.63, 3.8) is 0 Å². The van der Waals surface area contributed by atoms with E-state index in [2.05, 4.69) is 5.32 Å². The summed E-state index contributed by atoms with van der Waals surface area (Å²) in [7, 11) is 0. The van der Waals surface area contributed by atoms with Gasteiger partial charge in [-0.25, -0.2) is 0 Å². The van der Waals surface area contributed by atoms with Crippen molar-refractivity contribution in [2.45, 2.75) is 0 Å². The van der Waals surface area contributed by atoms with E-state index < -0.39 is 11.8 Å². The molecule has 5 N–H and O–H groups in total. The van der Waals surface area contributed by atoms with Crippen molar-refractivity contribution in [2.24, 2.45) is 11.5 Å². The molecule has 0 radical (unpaired) electrons. The van der Waals surface area contributed by atoms with Gasteiger partial charge in [-0.2, -0.15) is 0 Å². The molecule has 0 rings (SSSR count). The van der Waals surface area contributed by atoms with Crippen LogP contribution in [-0.4, -0.2) is 24.9 Å². The van der Waals surface area contributed by atoms with Crippen LogP contribution in [0, 0.1) is 0 Å². The number of nitrogens with one attached hydrogen (secondary N) is 1. The Morgan fingerprint density at radius 1 is 1.11 bits per heavy atom. The Balaban J connectivity index is 3.10. The molecule has 0 spiro atoms. The van der Waals surface area contributed by atoms with Crippen LogP contribution in [-0.2, 0) is 9.59 Å². The smallest absolute Gasteiger partial charge is 0.231 e. The molecule has 0 aromatic carbocycles. The van der Waals surface area contributed by atoms with Crippen LogP contribution in [0.5, 0.6) is 0 Å². The van der Waals surface area contributed by atoms with Gasteiger partial charge in [-0.3, -0.25) is 14.9 Å². The summed E-state index contributed by atoms with van der Waals surface area (Å²) >= 11 is 0. The second-order valence-electron chi connectivity index (χ2n) is 1.54. The first-order chi connectivity index (χ1) is 4.13. The average molecular weight is 131 g/mol. The third kappa shape index (κ3) is 6.90. The monoisotopic (exact) mass is 131 g/mol. The van der Waals surface area contributed by atoms with Crippen LogP contribution in [0.2, 0.25) is 0 Å². The van der Waals surface area contributed by atoms with Gasteiger partial charge in [0, 0.05) is 0 Å². The molecule has 0 saturated carbocycles. The first kappa shape index (κ1) is 7.90. The fraction of sp³-hybridized carbons (Fsp3) is 0.500. The van der Waals surface area contributed by atoms with Gasteiger partial charge < -0.3 is 11.5 Å². The summed E-state index contributed by atoms with van der Waals surface area (Å²) in [6.45, 7) is -0.0219. The molecule has 52 valence electrons. The molecule has 0 atom stereocenters. The molecule has 0 aromatic rings. The molecule has 0 aliphatic rings. The van der Waals surface area contributed by atoms with Gasteiger partial charge in [-0.15, -0.1) is 0 Å². The van der Waals surface area contributed by atoms with Crippen LogP contribution in [0.15, 0.2) is 0 Å². The topological polar surface area (TPSA) is 98.2 Å². The maximum Gasteiger partial charge on any atom is 0.231 e. The summed E-state index contributed by atoms with van der Waals surface area (Å²) in [5.74, 6) is -1.01. The third-order valence-electron chi connectivity index (χ3n) is 0.598. The Kier molecular flexibility index (Phi) is 3.38. The predicted molar refractivity (Wildman–Crippen MR) is 31.3 cm³/mol. The number of rotatable bonds is 4. The molecule has 0 aliphatic carbocycles.